The van der Waals surface area contributed by atoms with Gasteiger partial charge in [-0.25, -0.2) is 0 Å². The molecule has 0 aliphatic carbocycles. The molecular weight excluding hydrogens is 436 g/mol. The highest BCUT2D eigenvalue weighted by atomic mass is 16.5. The van der Waals surface area contributed by atoms with E-state index in [0.717, 1.165) is 0 Å². The van der Waals surface area contributed by atoms with Crippen LogP contribution in [0, 0.1) is 0 Å². The summed E-state index contributed by atoms with van der Waals surface area (Å²) in [5, 5.41) is 2.95. The third-order valence-corrected chi connectivity index (χ3v) is 5.95. The average molecular weight is 463 g/mol. The van der Waals surface area contributed by atoms with Gasteiger partial charge in [-0.2, -0.15) is 0 Å². The molecule has 34 heavy (non-hydrogen) atoms. The summed E-state index contributed by atoms with van der Waals surface area (Å²) in [5.74, 6) is 1.39. The number of hydrogen-bond acceptors (Lipinski definition) is 6. The van der Waals surface area contributed by atoms with Gasteiger partial charge >= 0.3 is 0 Å². The number of β-lactam (4-membered cyclic amide) rings is 1. The molecule has 3 aromatic carbocycles. The van der Waals surface area contributed by atoms with Crippen molar-refractivity contribution in [2.75, 3.05) is 38.7 Å². The van der Waals surface area contributed by atoms with Crippen molar-refractivity contribution >= 4 is 23.2 Å². The number of methoxy groups -OCH3 is 4. The first-order valence-corrected chi connectivity index (χ1v) is 10.6. The SMILES string of the molecule is COc1ccc(OC)c(NC(=O)C2(c3ccccc3)CC(=O)N2c2cc(OC)ccc2OC)c1. The minimum atomic E-state index is -1.31. The summed E-state index contributed by atoms with van der Waals surface area (Å²) in [7, 11) is 6.11. The van der Waals surface area contributed by atoms with Gasteiger partial charge in [-0.1, -0.05) is 30.3 Å². The van der Waals surface area contributed by atoms with E-state index in [9.17, 15) is 9.59 Å². The van der Waals surface area contributed by atoms with E-state index in [1.807, 2.05) is 30.3 Å². The van der Waals surface area contributed by atoms with Crippen LogP contribution in [0.15, 0.2) is 66.7 Å². The molecule has 1 saturated heterocycles. The van der Waals surface area contributed by atoms with E-state index in [4.69, 9.17) is 18.9 Å². The summed E-state index contributed by atoms with van der Waals surface area (Å²) in [6, 6.07) is 19.4. The van der Waals surface area contributed by atoms with Crippen molar-refractivity contribution in [3.8, 4) is 23.0 Å². The number of anilines is 2. The fourth-order valence-corrected chi connectivity index (χ4v) is 4.21. The zero-order chi connectivity index (χ0) is 24.3. The molecule has 0 radical (unpaired) electrons. The lowest BCUT2D eigenvalue weighted by Crippen LogP contribution is -2.67. The first kappa shape index (κ1) is 23.0. The van der Waals surface area contributed by atoms with E-state index in [2.05, 4.69) is 5.32 Å². The Balaban J connectivity index is 1.85. The number of hydrogen-bond donors (Lipinski definition) is 1. The summed E-state index contributed by atoms with van der Waals surface area (Å²) < 4.78 is 21.6. The number of nitrogens with zero attached hydrogens (tertiary/aromatic N) is 1. The summed E-state index contributed by atoms with van der Waals surface area (Å²) in [5.41, 5.74) is 0.221. The van der Waals surface area contributed by atoms with Gasteiger partial charge in [-0.15, -0.1) is 0 Å². The Morgan fingerprint density at radius 2 is 1.44 bits per heavy atom. The monoisotopic (exact) mass is 462 g/mol. The van der Waals surface area contributed by atoms with Gasteiger partial charge in [0.15, 0.2) is 5.54 Å². The molecule has 4 rings (SSSR count). The Kier molecular flexibility index (Phi) is 6.32. The average Bonchev–Trinajstić information content (AvgIpc) is 2.87. The van der Waals surface area contributed by atoms with Crippen LogP contribution in [0.25, 0.3) is 0 Å². The van der Waals surface area contributed by atoms with Gasteiger partial charge in [0.25, 0.3) is 5.91 Å². The minimum absolute atomic E-state index is 0.0184. The van der Waals surface area contributed by atoms with Crippen molar-refractivity contribution in [1.82, 2.24) is 0 Å². The van der Waals surface area contributed by atoms with Crippen molar-refractivity contribution in [2.45, 2.75) is 12.0 Å². The van der Waals surface area contributed by atoms with Crippen LogP contribution >= 0.6 is 0 Å². The molecule has 1 aliphatic rings. The van der Waals surface area contributed by atoms with Crippen molar-refractivity contribution < 1.29 is 28.5 Å². The Hall–Kier alpha value is -4.20. The molecule has 0 aromatic heterocycles. The number of nitrogens with one attached hydrogen (secondary N) is 1. The van der Waals surface area contributed by atoms with Crippen LogP contribution in [-0.2, 0) is 15.1 Å². The Morgan fingerprint density at radius 1 is 0.824 bits per heavy atom. The molecule has 0 bridgehead atoms. The Labute approximate surface area is 198 Å². The van der Waals surface area contributed by atoms with Gasteiger partial charge in [-0.05, 0) is 29.8 Å². The normalized spacial score (nSPS) is 16.9. The fraction of sp³-hybridized carbons (Fsp3) is 0.231. The summed E-state index contributed by atoms with van der Waals surface area (Å²) in [4.78, 5) is 28.5. The van der Waals surface area contributed by atoms with Crippen LogP contribution in [0.2, 0.25) is 0 Å². The van der Waals surface area contributed by atoms with Gasteiger partial charge in [0.2, 0.25) is 5.91 Å². The summed E-state index contributed by atoms with van der Waals surface area (Å²) in [6.45, 7) is 0. The molecule has 1 N–H and O–H groups in total. The lowest BCUT2D eigenvalue weighted by molar-refractivity contribution is -0.137. The highest BCUT2D eigenvalue weighted by molar-refractivity contribution is 6.17. The second-order valence-electron chi connectivity index (χ2n) is 7.69. The molecule has 176 valence electrons. The van der Waals surface area contributed by atoms with Gasteiger partial charge < -0.3 is 24.3 Å². The standard InChI is InChI=1S/C26H26N2O6/c1-31-18-10-12-22(33-3)20(14-18)27-25(30)26(17-8-6-5-7-9-17)16-24(29)28(26)21-15-19(32-2)11-13-23(21)34-4/h5-15H,16H2,1-4H3,(H,27,30). The molecule has 1 fully saturated rings. The van der Waals surface area contributed by atoms with Crippen LogP contribution in [0.3, 0.4) is 0 Å². The van der Waals surface area contributed by atoms with Crippen LogP contribution in [0.5, 0.6) is 23.0 Å². The van der Waals surface area contributed by atoms with Crippen LogP contribution in [0.1, 0.15) is 12.0 Å². The van der Waals surface area contributed by atoms with E-state index >= 15 is 0 Å². The van der Waals surface area contributed by atoms with Crippen molar-refractivity contribution in [1.29, 1.82) is 0 Å². The van der Waals surface area contributed by atoms with E-state index < -0.39 is 11.4 Å². The number of carbonyl (C=O) groups excluding carboxylic acids is 2. The summed E-state index contributed by atoms with van der Waals surface area (Å²) >= 11 is 0. The number of ether oxygens (including phenoxy) is 4. The maximum Gasteiger partial charge on any atom is 0.256 e. The second kappa shape index (κ2) is 9.35. The van der Waals surface area contributed by atoms with Gasteiger partial charge in [0, 0.05) is 12.1 Å². The lowest BCUT2D eigenvalue weighted by Gasteiger charge is -2.50. The largest absolute Gasteiger partial charge is 0.497 e. The van der Waals surface area contributed by atoms with E-state index in [1.165, 1.54) is 26.2 Å². The Morgan fingerprint density at radius 3 is 2.03 bits per heavy atom. The van der Waals surface area contributed by atoms with Crippen LogP contribution in [0.4, 0.5) is 11.4 Å². The first-order chi connectivity index (χ1) is 16.5. The third-order valence-electron chi connectivity index (χ3n) is 5.95. The van der Waals surface area contributed by atoms with Gasteiger partial charge in [0.1, 0.15) is 23.0 Å². The number of amides is 2. The maximum atomic E-state index is 14.0. The summed E-state index contributed by atoms with van der Waals surface area (Å²) in [6.07, 6.45) is -0.0184. The number of rotatable bonds is 8. The molecule has 3 aromatic rings. The smallest absolute Gasteiger partial charge is 0.256 e. The molecule has 1 atom stereocenters. The molecule has 0 spiro atoms. The Bertz CT molecular complexity index is 1210. The first-order valence-electron chi connectivity index (χ1n) is 10.6. The van der Waals surface area contributed by atoms with Crippen LogP contribution < -0.4 is 29.2 Å². The number of benzene rings is 3. The maximum absolute atomic E-state index is 14.0. The second-order valence-corrected chi connectivity index (χ2v) is 7.69. The van der Waals surface area contributed by atoms with E-state index in [-0.39, 0.29) is 12.3 Å². The predicted octanol–water partition coefficient (Wildman–Crippen LogP) is 3.99. The van der Waals surface area contributed by atoms with Crippen LogP contribution in [-0.4, -0.2) is 40.3 Å². The quantitative estimate of drug-likeness (QED) is 0.510. The highest BCUT2D eigenvalue weighted by Gasteiger charge is 2.59. The molecular formula is C26H26N2O6. The van der Waals surface area contributed by atoms with Crippen molar-refractivity contribution in [3.63, 3.8) is 0 Å². The molecule has 1 heterocycles. The molecule has 0 saturated carbocycles. The third kappa shape index (κ3) is 3.77. The molecule has 1 aliphatic heterocycles. The number of carbonyl (C=O) groups is 2. The highest BCUT2D eigenvalue weighted by Crippen LogP contribution is 2.49. The molecule has 2 amide bonds. The van der Waals surface area contributed by atoms with Crippen molar-refractivity contribution in [2.24, 2.45) is 0 Å². The van der Waals surface area contributed by atoms with Gasteiger partial charge in [0.05, 0.1) is 46.2 Å². The van der Waals surface area contributed by atoms with E-state index in [0.29, 0.717) is 39.9 Å². The minimum Gasteiger partial charge on any atom is -0.497 e. The lowest BCUT2D eigenvalue weighted by atomic mass is 9.76. The fourth-order valence-electron chi connectivity index (χ4n) is 4.21. The van der Waals surface area contributed by atoms with E-state index in [1.54, 1.807) is 43.5 Å². The molecule has 1 unspecified atom stereocenters. The predicted molar refractivity (Wildman–Crippen MR) is 128 cm³/mol. The topological polar surface area (TPSA) is 86.3 Å². The van der Waals surface area contributed by atoms with Crippen molar-refractivity contribution in [3.05, 3.63) is 72.3 Å². The molecule has 8 heteroatoms. The molecule has 8 nitrogen and oxygen atoms in total. The zero-order valence-electron chi connectivity index (χ0n) is 19.5. The van der Waals surface area contributed by atoms with Gasteiger partial charge in [-0.3, -0.25) is 14.5 Å². The zero-order valence-corrected chi connectivity index (χ0v) is 19.5.